The number of pyridine rings is 1. The van der Waals surface area contributed by atoms with E-state index in [1.807, 2.05) is 34.7 Å². The lowest BCUT2D eigenvalue weighted by Gasteiger charge is -2.18. The number of halogens is 1. The van der Waals surface area contributed by atoms with Crippen molar-refractivity contribution in [3.63, 3.8) is 0 Å². The van der Waals surface area contributed by atoms with Crippen molar-refractivity contribution in [2.24, 2.45) is 11.1 Å². The lowest BCUT2D eigenvalue weighted by Crippen LogP contribution is -2.25. The molecule has 0 unspecified atom stereocenters. The van der Waals surface area contributed by atoms with Crippen LogP contribution in [0.1, 0.15) is 26.3 Å². The standard InChI is InChI=1S/C25H30FN7/c1-25(2,3)15-29-24-28-11-9-20(30-24)23-22(18-5-7-19(26)8-6-18)31-21-13-17(10-12-33(21)23)14-32(4)16-27/h5-13H,14-16,27H2,1-4H3,(H,28,29,30). The average molecular weight is 448 g/mol. The van der Waals surface area contributed by atoms with E-state index in [0.29, 0.717) is 12.6 Å². The summed E-state index contributed by atoms with van der Waals surface area (Å²) in [6, 6.07) is 12.3. The van der Waals surface area contributed by atoms with Crippen molar-refractivity contribution in [3.05, 3.63) is 66.2 Å². The lowest BCUT2D eigenvalue weighted by atomic mass is 9.97. The van der Waals surface area contributed by atoms with E-state index in [1.165, 1.54) is 12.1 Å². The smallest absolute Gasteiger partial charge is 0.223 e. The van der Waals surface area contributed by atoms with E-state index >= 15 is 0 Å². The first-order chi connectivity index (χ1) is 15.7. The molecule has 3 aromatic heterocycles. The Morgan fingerprint density at radius 3 is 2.55 bits per heavy atom. The van der Waals surface area contributed by atoms with Gasteiger partial charge >= 0.3 is 0 Å². The highest BCUT2D eigenvalue weighted by Gasteiger charge is 2.19. The van der Waals surface area contributed by atoms with Crippen LogP contribution in [0.25, 0.3) is 28.3 Å². The van der Waals surface area contributed by atoms with Gasteiger partial charge in [-0.2, -0.15) is 0 Å². The van der Waals surface area contributed by atoms with Crippen LogP contribution in [-0.4, -0.2) is 44.5 Å². The van der Waals surface area contributed by atoms with Crippen LogP contribution < -0.4 is 11.1 Å². The maximum atomic E-state index is 13.6. The zero-order chi connectivity index (χ0) is 23.6. The van der Waals surface area contributed by atoms with Crippen LogP contribution in [0.5, 0.6) is 0 Å². The highest BCUT2D eigenvalue weighted by Crippen LogP contribution is 2.32. The minimum Gasteiger partial charge on any atom is -0.354 e. The lowest BCUT2D eigenvalue weighted by molar-refractivity contribution is 0.337. The van der Waals surface area contributed by atoms with Gasteiger partial charge in [-0.15, -0.1) is 0 Å². The molecular weight excluding hydrogens is 417 g/mol. The molecule has 0 spiro atoms. The third-order valence-corrected chi connectivity index (χ3v) is 5.25. The Hall–Kier alpha value is -3.36. The van der Waals surface area contributed by atoms with Crippen LogP contribution in [0.2, 0.25) is 0 Å². The predicted octanol–water partition coefficient (Wildman–Crippen LogP) is 4.40. The molecule has 4 rings (SSSR count). The molecule has 33 heavy (non-hydrogen) atoms. The summed E-state index contributed by atoms with van der Waals surface area (Å²) in [5.41, 5.74) is 10.8. The second-order valence-corrected chi connectivity index (χ2v) is 9.46. The quantitative estimate of drug-likeness (QED) is 0.409. The largest absolute Gasteiger partial charge is 0.354 e. The van der Waals surface area contributed by atoms with E-state index in [2.05, 4.69) is 37.1 Å². The topological polar surface area (TPSA) is 84.4 Å². The van der Waals surface area contributed by atoms with Gasteiger partial charge in [0.1, 0.15) is 11.5 Å². The Balaban J connectivity index is 1.83. The summed E-state index contributed by atoms with van der Waals surface area (Å²) in [6.45, 7) is 8.39. The first-order valence-electron chi connectivity index (χ1n) is 11.0. The van der Waals surface area contributed by atoms with Gasteiger partial charge in [0.15, 0.2) is 0 Å². The van der Waals surface area contributed by atoms with Crippen molar-refractivity contribution in [2.75, 3.05) is 25.6 Å². The van der Waals surface area contributed by atoms with Gasteiger partial charge in [-0.3, -0.25) is 9.30 Å². The van der Waals surface area contributed by atoms with Crippen molar-refractivity contribution >= 4 is 11.6 Å². The van der Waals surface area contributed by atoms with E-state index < -0.39 is 0 Å². The molecule has 7 nitrogen and oxygen atoms in total. The number of fused-ring (bicyclic) bond motifs is 1. The first kappa shape index (κ1) is 22.8. The normalized spacial score (nSPS) is 12.0. The Morgan fingerprint density at radius 2 is 1.85 bits per heavy atom. The molecule has 3 N–H and O–H groups in total. The Kier molecular flexibility index (Phi) is 6.40. The van der Waals surface area contributed by atoms with Gasteiger partial charge in [-0.05, 0) is 60.5 Å². The zero-order valence-electron chi connectivity index (χ0n) is 19.5. The number of hydrogen-bond donors (Lipinski definition) is 2. The molecule has 0 radical (unpaired) electrons. The molecule has 0 fully saturated rings. The molecule has 0 amide bonds. The van der Waals surface area contributed by atoms with Gasteiger partial charge in [0.25, 0.3) is 0 Å². The van der Waals surface area contributed by atoms with E-state index in [1.54, 1.807) is 18.3 Å². The predicted molar refractivity (Wildman–Crippen MR) is 130 cm³/mol. The number of nitrogens with zero attached hydrogens (tertiary/aromatic N) is 5. The van der Waals surface area contributed by atoms with Crippen molar-refractivity contribution in [1.29, 1.82) is 0 Å². The summed E-state index contributed by atoms with van der Waals surface area (Å²) in [6.07, 6.45) is 3.74. The zero-order valence-corrected chi connectivity index (χ0v) is 19.5. The molecule has 0 saturated carbocycles. The fourth-order valence-electron chi connectivity index (χ4n) is 3.54. The van der Waals surface area contributed by atoms with Gasteiger partial charge in [0, 0.05) is 37.7 Å². The van der Waals surface area contributed by atoms with Crippen LogP contribution in [0, 0.1) is 11.2 Å². The number of benzene rings is 1. The number of nitrogens with two attached hydrogens (primary N) is 1. The SMILES string of the molecule is CN(CN)Cc1ccn2c(-c3ccnc(NCC(C)(C)C)n3)c(-c3ccc(F)cc3)nc2c1. The molecule has 0 saturated heterocycles. The molecule has 172 valence electrons. The molecule has 0 atom stereocenters. The van der Waals surface area contributed by atoms with E-state index in [-0.39, 0.29) is 11.2 Å². The third-order valence-electron chi connectivity index (χ3n) is 5.25. The summed E-state index contributed by atoms with van der Waals surface area (Å²) in [5, 5.41) is 3.32. The molecule has 3 heterocycles. The van der Waals surface area contributed by atoms with Gasteiger partial charge in [-0.1, -0.05) is 20.8 Å². The fraction of sp³-hybridized carbons (Fsp3) is 0.320. The Morgan fingerprint density at radius 1 is 1.09 bits per heavy atom. The number of rotatable bonds is 7. The summed E-state index contributed by atoms with van der Waals surface area (Å²) in [4.78, 5) is 16.1. The molecule has 8 heteroatoms. The summed E-state index contributed by atoms with van der Waals surface area (Å²) in [7, 11) is 1.97. The molecule has 1 aromatic carbocycles. The summed E-state index contributed by atoms with van der Waals surface area (Å²) in [5.74, 6) is 0.274. The number of imidazole rings is 1. The third kappa shape index (κ3) is 5.35. The minimum absolute atomic E-state index is 0.0923. The van der Waals surface area contributed by atoms with Crippen molar-refractivity contribution in [2.45, 2.75) is 27.3 Å². The van der Waals surface area contributed by atoms with Gasteiger partial charge in [-0.25, -0.2) is 19.3 Å². The van der Waals surface area contributed by atoms with E-state index in [9.17, 15) is 4.39 Å². The van der Waals surface area contributed by atoms with Gasteiger partial charge in [0.05, 0.1) is 17.1 Å². The van der Waals surface area contributed by atoms with Gasteiger partial charge < -0.3 is 11.1 Å². The summed E-state index contributed by atoms with van der Waals surface area (Å²) < 4.78 is 15.6. The van der Waals surface area contributed by atoms with Crippen LogP contribution in [-0.2, 0) is 6.54 Å². The van der Waals surface area contributed by atoms with Gasteiger partial charge in [0.2, 0.25) is 5.95 Å². The molecular formula is C25H30FN7. The monoisotopic (exact) mass is 447 g/mol. The first-order valence-corrected chi connectivity index (χ1v) is 11.0. The molecule has 4 aromatic rings. The molecule has 0 aliphatic heterocycles. The molecule has 0 aliphatic carbocycles. The minimum atomic E-state index is -0.285. The molecule has 0 aliphatic rings. The maximum Gasteiger partial charge on any atom is 0.223 e. The van der Waals surface area contributed by atoms with Crippen LogP contribution >= 0.6 is 0 Å². The van der Waals surface area contributed by atoms with Crippen molar-refractivity contribution < 1.29 is 4.39 Å². The maximum absolute atomic E-state index is 13.6. The number of hydrogen-bond acceptors (Lipinski definition) is 6. The Labute approximate surface area is 193 Å². The van der Waals surface area contributed by atoms with Crippen LogP contribution in [0.4, 0.5) is 10.3 Å². The Bertz CT molecular complexity index is 1240. The van der Waals surface area contributed by atoms with Crippen molar-refractivity contribution in [3.8, 4) is 22.6 Å². The number of anilines is 1. The van der Waals surface area contributed by atoms with E-state index in [0.717, 1.165) is 46.9 Å². The van der Waals surface area contributed by atoms with Crippen LogP contribution in [0.3, 0.4) is 0 Å². The van der Waals surface area contributed by atoms with Crippen molar-refractivity contribution in [1.82, 2.24) is 24.3 Å². The second kappa shape index (κ2) is 9.25. The molecule has 0 bridgehead atoms. The average Bonchev–Trinajstić information content (AvgIpc) is 3.16. The van der Waals surface area contributed by atoms with Crippen LogP contribution in [0.15, 0.2) is 54.9 Å². The number of aromatic nitrogens is 4. The highest BCUT2D eigenvalue weighted by atomic mass is 19.1. The fourth-order valence-corrected chi connectivity index (χ4v) is 3.54. The summed E-state index contributed by atoms with van der Waals surface area (Å²) >= 11 is 0. The highest BCUT2D eigenvalue weighted by molar-refractivity contribution is 5.80. The van der Waals surface area contributed by atoms with E-state index in [4.69, 9.17) is 15.7 Å². The number of nitrogens with one attached hydrogen (secondary N) is 1. The second-order valence-electron chi connectivity index (χ2n) is 9.46.